The molecule has 0 fully saturated rings. The molecule has 7 N–H and O–H groups in total. The largest absolute Gasteiger partial charge is 0.504 e. The maximum Gasteiger partial charge on any atom is 0.391 e. The number of aliphatic carboxylic acids is 1. The van der Waals surface area contributed by atoms with E-state index < -0.39 is 33.1 Å². The number of hydrogen-bond acceptors (Lipinski definition) is 7. The van der Waals surface area contributed by atoms with Crippen LogP contribution in [0.15, 0.2) is 18.2 Å². The van der Waals surface area contributed by atoms with Crippen molar-refractivity contribution in [3.8, 4) is 11.5 Å². The van der Waals surface area contributed by atoms with E-state index in [1.807, 2.05) is 0 Å². The summed E-state index contributed by atoms with van der Waals surface area (Å²) in [7, 11) is -2.65. The summed E-state index contributed by atoms with van der Waals surface area (Å²) in [6, 6.07) is 3.06. The molecule has 0 aromatic heterocycles. The molecular weight excluding hydrogens is 303 g/mol. The molecule has 1 aromatic rings. The van der Waals surface area contributed by atoms with E-state index in [4.69, 9.17) is 20.6 Å². The molecule has 116 valence electrons. The predicted octanol–water partition coefficient (Wildman–Crippen LogP) is -0.947. The first-order valence-electron chi connectivity index (χ1n) is 5.72. The van der Waals surface area contributed by atoms with E-state index in [9.17, 15) is 14.7 Å². The van der Waals surface area contributed by atoms with Crippen LogP contribution in [0.25, 0.3) is 0 Å². The molecule has 9 nitrogen and oxygen atoms in total. The molecule has 1 unspecified atom stereocenters. The Hall–Kier alpha value is -1.93. The van der Waals surface area contributed by atoms with E-state index in [0.29, 0.717) is 5.56 Å². The van der Waals surface area contributed by atoms with Gasteiger partial charge in [0.15, 0.2) is 11.5 Å². The molecular formula is C11H15N2O7P. The Kier molecular flexibility index (Phi) is 6.32. The molecule has 0 aliphatic carbocycles. The molecule has 0 saturated heterocycles. The monoisotopic (exact) mass is 318 g/mol. The van der Waals surface area contributed by atoms with Gasteiger partial charge in [-0.15, -0.1) is 0 Å². The summed E-state index contributed by atoms with van der Waals surface area (Å²) < 4.78 is 4.57. The summed E-state index contributed by atoms with van der Waals surface area (Å²) >= 11 is 0. The van der Waals surface area contributed by atoms with E-state index in [-0.39, 0.29) is 17.9 Å². The van der Waals surface area contributed by atoms with Gasteiger partial charge in [0.1, 0.15) is 6.54 Å². The number of rotatable bonds is 7. The molecule has 1 atom stereocenters. The first kappa shape index (κ1) is 17.1. The van der Waals surface area contributed by atoms with Gasteiger partial charge in [0.05, 0.1) is 6.04 Å². The second-order valence-corrected chi connectivity index (χ2v) is 4.76. The lowest BCUT2D eigenvalue weighted by molar-refractivity contribution is -0.138. The molecule has 0 spiro atoms. The summed E-state index contributed by atoms with van der Waals surface area (Å²) in [5, 5.41) is 20.2. The molecule has 0 bridgehead atoms. The van der Waals surface area contributed by atoms with Crippen LogP contribution in [0.3, 0.4) is 0 Å². The zero-order valence-corrected chi connectivity index (χ0v) is 11.7. The highest BCUT2D eigenvalue weighted by molar-refractivity contribution is 7.39. The molecule has 0 heterocycles. The number of carbonyl (C=O) groups is 2. The van der Waals surface area contributed by atoms with Gasteiger partial charge in [0, 0.05) is 0 Å². The number of nitrogens with one attached hydrogen (secondary N) is 1. The van der Waals surface area contributed by atoms with Crippen LogP contribution in [0.2, 0.25) is 0 Å². The Morgan fingerprint density at radius 3 is 2.57 bits per heavy atom. The Balaban J connectivity index is 2.64. The highest BCUT2D eigenvalue weighted by atomic mass is 31.2. The van der Waals surface area contributed by atoms with Crippen LogP contribution >= 0.6 is 8.60 Å². The number of benzene rings is 1. The number of amides is 1. The fraction of sp³-hybridized carbons (Fsp3) is 0.273. The van der Waals surface area contributed by atoms with Gasteiger partial charge in [-0.25, -0.2) is 0 Å². The number of phenolic OH excluding ortho intramolecular Hbond substituents is 1. The smallest absolute Gasteiger partial charge is 0.391 e. The molecule has 0 aliphatic heterocycles. The van der Waals surface area contributed by atoms with E-state index >= 15 is 0 Å². The van der Waals surface area contributed by atoms with Gasteiger partial charge in [0.2, 0.25) is 5.91 Å². The van der Waals surface area contributed by atoms with Crippen LogP contribution in [0.4, 0.5) is 0 Å². The third kappa shape index (κ3) is 5.92. The molecule has 1 rings (SSSR count). The van der Waals surface area contributed by atoms with Crippen LogP contribution < -0.4 is 15.6 Å². The second-order valence-electron chi connectivity index (χ2n) is 4.07. The molecule has 10 heteroatoms. The van der Waals surface area contributed by atoms with Crippen molar-refractivity contribution in [2.24, 2.45) is 5.73 Å². The number of carboxylic acids is 1. The van der Waals surface area contributed by atoms with Gasteiger partial charge in [0.25, 0.3) is 0 Å². The van der Waals surface area contributed by atoms with Crippen LogP contribution in [-0.2, 0) is 16.0 Å². The minimum atomic E-state index is -2.65. The summed E-state index contributed by atoms with van der Waals surface area (Å²) in [4.78, 5) is 39.2. The van der Waals surface area contributed by atoms with Crippen molar-refractivity contribution in [3.63, 3.8) is 0 Å². The number of hydrogen-bond donors (Lipinski definition) is 6. The van der Waals surface area contributed by atoms with Gasteiger partial charge >= 0.3 is 14.6 Å². The Morgan fingerprint density at radius 2 is 2.05 bits per heavy atom. The fourth-order valence-electron chi connectivity index (χ4n) is 1.50. The van der Waals surface area contributed by atoms with Crippen LogP contribution in [0.5, 0.6) is 11.5 Å². The first-order valence-corrected chi connectivity index (χ1v) is 6.89. The van der Waals surface area contributed by atoms with Crippen molar-refractivity contribution in [2.75, 3.05) is 6.54 Å². The molecule has 0 saturated carbocycles. The highest BCUT2D eigenvalue weighted by Crippen LogP contribution is 2.35. The van der Waals surface area contributed by atoms with Crippen molar-refractivity contribution in [1.29, 1.82) is 0 Å². The molecule has 21 heavy (non-hydrogen) atoms. The van der Waals surface area contributed by atoms with E-state index in [1.165, 1.54) is 18.2 Å². The third-order valence-corrected chi connectivity index (χ3v) is 2.77. The summed E-state index contributed by atoms with van der Waals surface area (Å²) in [6.45, 7) is -0.527. The Labute approximate surface area is 121 Å². The van der Waals surface area contributed by atoms with Crippen molar-refractivity contribution in [3.05, 3.63) is 23.8 Å². The van der Waals surface area contributed by atoms with Crippen molar-refractivity contribution < 1.29 is 34.1 Å². The van der Waals surface area contributed by atoms with Gasteiger partial charge in [-0.1, -0.05) is 6.07 Å². The Bertz CT molecular complexity index is 523. The molecule has 0 aliphatic rings. The van der Waals surface area contributed by atoms with Crippen molar-refractivity contribution >= 4 is 20.5 Å². The number of aromatic hydroxyl groups is 1. The van der Waals surface area contributed by atoms with Crippen LogP contribution in [0, 0.1) is 0 Å². The third-order valence-electron chi connectivity index (χ3n) is 2.41. The molecule has 0 radical (unpaired) electrons. The molecule has 1 amide bonds. The zero-order valence-electron chi connectivity index (χ0n) is 10.8. The van der Waals surface area contributed by atoms with Gasteiger partial charge < -0.3 is 35.6 Å². The van der Waals surface area contributed by atoms with Crippen LogP contribution in [0.1, 0.15) is 5.56 Å². The second kappa shape index (κ2) is 7.75. The lowest BCUT2D eigenvalue weighted by Gasteiger charge is -2.13. The highest BCUT2D eigenvalue weighted by Gasteiger charge is 2.16. The van der Waals surface area contributed by atoms with E-state index in [0.717, 1.165) is 0 Å². The van der Waals surface area contributed by atoms with Crippen molar-refractivity contribution in [1.82, 2.24) is 5.32 Å². The fourth-order valence-corrected chi connectivity index (χ4v) is 1.83. The van der Waals surface area contributed by atoms with Gasteiger partial charge in [-0.05, 0) is 24.1 Å². The lowest BCUT2D eigenvalue weighted by Crippen LogP contribution is -2.43. The van der Waals surface area contributed by atoms with E-state index in [2.05, 4.69) is 9.84 Å². The SMILES string of the molecule is NC(Cc1ccc(OP(O)O)c(O)c1)C(=O)NCC(=O)O. The quantitative estimate of drug-likeness (QED) is 0.351. The maximum absolute atomic E-state index is 11.5. The number of carbonyl (C=O) groups excluding carboxylic acids is 1. The van der Waals surface area contributed by atoms with E-state index in [1.54, 1.807) is 0 Å². The minimum absolute atomic E-state index is 0.0618. The standard InChI is InChI=1S/C11H15N2O7P/c12-7(11(17)13-5-10(15)16)3-6-1-2-9(8(14)4-6)20-21(18)19/h1-2,4,7,14,18-19H,3,5,12H2,(H,13,17)(H,15,16). The van der Waals surface area contributed by atoms with Gasteiger partial charge in [-0.3, -0.25) is 9.59 Å². The summed E-state index contributed by atoms with van der Waals surface area (Å²) in [6.07, 6.45) is 0.0618. The average molecular weight is 318 g/mol. The Morgan fingerprint density at radius 1 is 1.38 bits per heavy atom. The topological polar surface area (TPSA) is 162 Å². The normalized spacial score (nSPS) is 12.0. The maximum atomic E-state index is 11.5. The predicted molar refractivity (Wildman–Crippen MR) is 72.4 cm³/mol. The lowest BCUT2D eigenvalue weighted by atomic mass is 10.1. The van der Waals surface area contributed by atoms with Crippen LogP contribution in [-0.4, -0.2) is 44.5 Å². The number of phenols is 1. The zero-order chi connectivity index (χ0) is 16.0. The molecule has 1 aromatic carbocycles. The number of nitrogens with two attached hydrogens (primary N) is 1. The summed E-state index contributed by atoms with van der Waals surface area (Å²) in [5.74, 6) is -2.26. The van der Waals surface area contributed by atoms with Gasteiger partial charge in [-0.2, -0.15) is 0 Å². The minimum Gasteiger partial charge on any atom is -0.504 e. The summed E-state index contributed by atoms with van der Waals surface area (Å²) in [5.41, 5.74) is 6.11. The number of carboxylic acid groups (broad SMARTS) is 1. The first-order chi connectivity index (χ1) is 9.79. The average Bonchev–Trinajstić information content (AvgIpc) is 2.38. The van der Waals surface area contributed by atoms with Crippen molar-refractivity contribution in [2.45, 2.75) is 12.5 Å².